The molecule has 0 radical (unpaired) electrons. The molecule has 1 aliphatic rings. The van der Waals surface area contributed by atoms with Gasteiger partial charge in [-0.25, -0.2) is 4.98 Å². The number of hydrogen-bond donors (Lipinski definition) is 2. The van der Waals surface area contributed by atoms with E-state index in [4.69, 9.17) is 5.73 Å². The van der Waals surface area contributed by atoms with E-state index in [1.807, 2.05) is 24.5 Å². The van der Waals surface area contributed by atoms with Gasteiger partial charge in [0.2, 0.25) is 5.91 Å². The lowest BCUT2D eigenvalue weighted by molar-refractivity contribution is -0.129. The van der Waals surface area contributed by atoms with Gasteiger partial charge in [0.15, 0.2) is 4.34 Å². The third kappa shape index (κ3) is 2.32. The number of hydrogen-bond acceptors (Lipinski definition) is 5. The van der Waals surface area contributed by atoms with Crippen LogP contribution in [0.4, 0.5) is 5.69 Å². The highest BCUT2D eigenvalue weighted by Crippen LogP contribution is 2.41. The van der Waals surface area contributed by atoms with Gasteiger partial charge in [0.1, 0.15) is 0 Å². The highest BCUT2D eigenvalue weighted by atomic mass is 32.2. The summed E-state index contributed by atoms with van der Waals surface area (Å²) in [5.41, 5.74) is 7.24. The second kappa shape index (κ2) is 5.35. The van der Waals surface area contributed by atoms with E-state index < -0.39 is 0 Å². The highest BCUT2D eigenvalue weighted by Gasteiger charge is 2.42. The third-order valence-electron chi connectivity index (χ3n) is 3.98. The van der Waals surface area contributed by atoms with E-state index in [0.717, 1.165) is 39.5 Å². The van der Waals surface area contributed by atoms with Crippen LogP contribution in [0.1, 0.15) is 19.3 Å². The van der Waals surface area contributed by atoms with Crippen LogP contribution in [0.15, 0.2) is 22.5 Å². The monoisotopic (exact) mass is 307 g/mol. The lowest BCUT2D eigenvalue weighted by atomic mass is 9.68. The average Bonchev–Trinajstić information content (AvgIpc) is 2.80. The molecule has 1 heterocycles. The van der Waals surface area contributed by atoms with Gasteiger partial charge >= 0.3 is 0 Å². The van der Waals surface area contributed by atoms with Crippen molar-refractivity contribution in [1.82, 2.24) is 4.98 Å². The van der Waals surface area contributed by atoms with E-state index in [2.05, 4.69) is 10.3 Å². The van der Waals surface area contributed by atoms with Gasteiger partial charge in [0, 0.05) is 12.2 Å². The zero-order chi connectivity index (χ0) is 14.2. The van der Waals surface area contributed by atoms with E-state index in [9.17, 15) is 4.79 Å². The molecule has 20 heavy (non-hydrogen) atoms. The fourth-order valence-corrected chi connectivity index (χ4v) is 3.99. The predicted octanol–water partition coefficient (Wildman–Crippen LogP) is 3.09. The molecule has 0 bridgehead atoms. The van der Waals surface area contributed by atoms with Gasteiger partial charge in [-0.1, -0.05) is 18.2 Å². The van der Waals surface area contributed by atoms with Crippen molar-refractivity contribution < 1.29 is 4.79 Å². The van der Waals surface area contributed by atoms with Crippen LogP contribution in [-0.2, 0) is 4.79 Å². The summed E-state index contributed by atoms with van der Waals surface area (Å²) in [7, 11) is 0. The smallest absolute Gasteiger partial charge is 0.231 e. The Morgan fingerprint density at radius 3 is 2.95 bits per heavy atom. The number of thiazole rings is 1. The Bertz CT molecular complexity index is 643. The average molecular weight is 307 g/mol. The van der Waals surface area contributed by atoms with Crippen molar-refractivity contribution in [3.8, 4) is 0 Å². The first kappa shape index (κ1) is 13.9. The molecule has 4 nitrogen and oxygen atoms in total. The van der Waals surface area contributed by atoms with Gasteiger partial charge in [-0.3, -0.25) is 4.79 Å². The molecule has 106 valence electrons. The number of rotatable bonds is 4. The number of nitrogens with zero attached hydrogens (tertiary/aromatic N) is 1. The Morgan fingerprint density at radius 1 is 1.55 bits per heavy atom. The number of fused-ring (bicyclic) bond motifs is 1. The topological polar surface area (TPSA) is 68.0 Å². The van der Waals surface area contributed by atoms with E-state index in [0.29, 0.717) is 6.54 Å². The standard InChI is InChI=1S/C14H17N3OS2/c1-19-13-17-10-4-3-9(7-11(10)20-13)16-12(18)14(8-15)5-2-6-14/h3-4,7H,2,5-6,8,15H2,1H3,(H,16,18). The zero-order valence-corrected chi connectivity index (χ0v) is 12.9. The molecule has 1 aliphatic carbocycles. The van der Waals surface area contributed by atoms with Crippen molar-refractivity contribution >= 4 is 44.9 Å². The lowest BCUT2D eigenvalue weighted by Crippen LogP contribution is -2.47. The van der Waals surface area contributed by atoms with Gasteiger partial charge in [-0.15, -0.1) is 11.3 Å². The molecule has 0 saturated heterocycles. The largest absolute Gasteiger partial charge is 0.329 e. The molecule has 3 N–H and O–H groups in total. The normalized spacial score (nSPS) is 16.9. The molecule has 1 aromatic carbocycles. The van der Waals surface area contributed by atoms with E-state index in [1.165, 1.54) is 0 Å². The van der Waals surface area contributed by atoms with Crippen molar-refractivity contribution in [2.24, 2.45) is 11.1 Å². The van der Waals surface area contributed by atoms with Crippen molar-refractivity contribution in [1.29, 1.82) is 0 Å². The lowest BCUT2D eigenvalue weighted by Gasteiger charge is -2.39. The number of carbonyl (C=O) groups excluding carboxylic acids is 1. The Hall–Kier alpha value is -1.11. The van der Waals surface area contributed by atoms with Crippen molar-refractivity contribution in [2.45, 2.75) is 23.6 Å². The molecule has 6 heteroatoms. The second-order valence-corrected chi connectivity index (χ2v) is 7.24. The van der Waals surface area contributed by atoms with Crippen molar-refractivity contribution in [2.75, 3.05) is 18.1 Å². The predicted molar refractivity (Wildman–Crippen MR) is 85.4 cm³/mol. The van der Waals surface area contributed by atoms with Crippen LogP contribution >= 0.6 is 23.1 Å². The van der Waals surface area contributed by atoms with Gasteiger partial charge < -0.3 is 11.1 Å². The number of aromatic nitrogens is 1. The minimum absolute atomic E-state index is 0.0557. The Balaban J connectivity index is 1.82. The molecule has 3 rings (SSSR count). The number of nitrogens with one attached hydrogen (secondary N) is 1. The Kier molecular flexibility index (Phi) is 3.70. The number of benzene rings is 1. The van der Waals surface area contributed by atoms with E-state index in [-0.39, 0.29) is 11.3 Å². The molecule has 2 aromatic rings. The molecule has 1 amide bonds. The minimum Gasteiger partial charge on any atom is -0.329 e. The van der Waals surface area contributed by atoms with Crippen molar-refractivity contribution in [3.63, 3.8) is 0 Å². The van der Waals surface area contributed by atoms with Crippen LogP contribution in [0, 0.1) is 5.41 Å². The number of amides is 1. The maximum absolute atomic E-state index is 12.3. The molecule has 1 saturated carbocycles. The van der Waals surface area contributed by atoms with Gasteiger partial charge in [0.25, 0.3) is 0 Å². The minimum atomic E-state index is -0.340. The van der Waals surface area contributed by atoms with Crippen LogP contribution in [0.25, 0.3) is 10.2 Å². The maximum atomic E-state index is 12.3. The summed E-state index contributed by atoms with van der Waals surface area (Å²) in [4.78, 5) is 16.8. The number of thioether (sulfide) groups is 1. The zero-order valence-electron chi connectivity index (χ0n) is 11.3. The molecule has 1 aromatic heterocycles. The van der Waals surface area contributed by atoms with Crippen LogP contribution in [-0.4, -0.2) is 23.7 Å². The summed E-state index contributed by atoms with van der Waals surface area (Å²) in [5, 5.41) is 3.01. The molecule has 0 aliphatic heterocycles. The summed E-state index contributed by atoms with van der Waals surface area (Å²) in [6, 6.07) is 5.86. The Morgan fingerprint density at radius 2 is 2.35 bits per heavy atom. The highest BCUT2D eigenvalue weighted by molar-refractivity contribution is 8.00. The van der Waals surface area contributed by atoms with Crippen LogP contribution in [0.5, 0.6) is 0 Å². The summed E-state index contributed by atoms with van der Waals surface area (Å²) in [5.74, 6) is 0.0557. The molecule has 0 unspecified atom stereocenters. The van der Waals surface area contributed by atoms with Gasteiger partial charge in [0.05, 0.1) is 15.6 Å². The number of anilines is 1. The van der Waals surface area contributed by atoms with Crippen LogP contribution in [0.2, 0.25) is 0 Å². The first-order chi connectivity index (χ1) is 9.66. The Labute approximate surface area is 126 Å². The fourth-order valence-electron chi connectivity index (χ4n) is 2.46. The fraction of sp³-hybridized carbons (Fsp3) is 0.429. The van der Waals surface area contributed by atoms with Gasteiger partial charge in [-0.2, -0.15) is 0 Å². The summed E-state index contributed by atoms with van der Waals surface area (Å²) in [6.07, 6.45) is 4.90. The molecule has 1 fully saturated rings. The second-order valence-electron chi connectivity index (χ2n) is 5.16. The molecule has 0 atom stereocenters. The van der Waals surface area contributed by atoms with Crippen molar-refractivity contribution in [3.05, 3.63) is 18.2 Å². The summed E-state index contributed by atoms with van der Waals surface area (Å²) < 4.78 is 2.14. The number of carbonyl (C=O) groups is 1. The van der Waals surface area contributed by atoms with E-state index in [1.54, 1.807) is 23.1 Å². The maximum Gasteiger partial charge on any atom is 0.231 e. The number of nitrogens with two attached hydrogens (primary N) is 1. The molecular weight excluding hydrogens is 290 g/mol. The third-order valence-corrected chi connectivity index (χ3v) is 5.99. The molecular formula is C14H17N3OS2. The SMILES string of the molecule is CSc1nc2ccc(NC(=O)C3(CN)CCC3)cc2s1. The van der Waals surface area contributed by atoms with E-state index >= 15 is 0 Å². The van der Waals surface area contributed by atoms with Crippen LogP contribution < -0.4 is 11.1 Å². The summed E-state index contributed by atoms with van der Waals surface area (Å²) >= 11 is 3.29. The first-order valence-corrected chi connectivity index (χ1v) is 8.67. The van der Waals surface area contributed by atoms with Gasteiger partial charge in [-0.05, 0) is 37.3 Å². The summed E-state index contributed by atoms with van der Waals surface area (Å²) in [6.45, 7) is 0.429. The quantitative estimate of drug-likeness (QED) is 0.852. The first-order valence-electron chi connectivity index (χ1n) is 6.63. The molecule has 0 spiro atoms. The van der Waals surface area contributed by atoms with Crippen LogP contribution in [0.3, 0.4) is 0 Å².